The van der Waals surface area contributed by atoms with Gasteiger partial charge in [-0.05, 0) is 32.9 Å². The van der Waals surface area contributed by atoms with Crippen LogP contribution in [0, 0.1) is 0 Å². The second-order valence-corrected chi connectivity index (χ2v) is 5.86. The highest BCUT2D eigenvalue weighted by Gasteiger charge is 2.35. The Hall–Kier alpha value is -1.79. The third kappa shape index (κ3) is 9.05. The summed E-state index contributed by atoms with van der Waals surface area (Å²) in [4.78, 5) is 23.6. The minimum atomic E-state index is -4.53. The number of carbonyl (C=O) groups excluding carboxylic acids is 1. The molecule has 0 aliphatic carbocycles. The van der Waals surface area contributed by atoms with Crippen molar-refractivity contribution in [2.75, 3.05) is 46.4 Å². The lowest BCUT2D eigenvalue weighted by atomic mass is 10.2. The zero-order chi connectivity index (χ0) is 21.2. The van der Waals surface area contributed by atoms with Crippen molar-refractivity contribution < 1.29 is 22.7 Å². The van der Waals surface area contributed by atoms with Crippen LogP contribution in [0.1, 0.15) is 26.3 Å². The van der Waals surface area contributed by atoms with Crippen molar-refractivity contribution in [3.63, 3.8) is 0 Å². The van der Waals surface area contributed by atoms with Crippen LogP contribution >= 0.6 is 24.0 Å². The van der Waals surface area contributed by atoms with Gasteiger partial charge in [-0.2, -0.15) is 13.2 Å². The van der Waals surface area contributed by atoms with Gasteiger partial charge < -0.3 is 19.9 Å². The number of guanidine groups is 1. The maximum Gasteiger partial charge on any atom is 0.421 e. The molecule has 0 aliphatic rings. The highest BCUT2D eigenvalue weighted by Crippen LogP contribution is 2.34. The van der Waals surface area contributed by atoms with E-state index in [-0.39, 0.29) is 49.6 Å². The molecule has 1 rings (SSSR count). The van der Waals surface area contributed by atoms with E-state index in [1.165, 1.54) is 12.3 Å². The lowest BCUT2D eigenvalue weighted by Crippen LogP contribution is -2.45. The Morgan fingerprint density at radius 3 is 2.48 bits per heavy atom. The maximum absolute atomic E-state index is 12.9. The molecule has 0 saturated heterocycles. The van der Waals surface area contributed by atoms with Crippen LogP contribution in [0.15, 0.2) is 23.3 Å². The van der Waals surface area contributed by atoms with Crippen LogP contribution in [-0.2, 0) is 11.0 Å². The predicted molar refractivity (Wildman–Crippen MR) is 117 cm³/mol. The summed E-state index contributed by atoms with van der Waals surface area (Å²) in [6.07, 6.45) is -3.29. The fourth-order valence-corrected chi connectivity index (χ4v) is 2.44. The number of aromatic nitrogens is 1. The summed E-state index contributed by atoms with van der Waals surface area (Å²) >= 11 is 0. The molecular weight excluding hydrogens is 502 g/mol. The number of alkyl halides is 3. The highest BCUT2D eigenvalue weighted by molar-refractivity contribution is 14.0. The number of aliphatic imine (C=N–C) groups is 1. The van der Waals surface area contributed by atoms with Crippen molar-refractivity contribution in [2.24, 2.45) is 4.99 Å². The van der Waals surface area contributed by atoms with Gasteiger partial charge in [-0.15, -0.1) is 24.0 Å². The van der Waals surface area contributed by atoms with Crippen molar-refractivity contribution in [3.05, 3.63) is 23.9 Å². The van der Waals surface area contributed by atoms with Gasteiger partial charge >= 0.3 is 6.18 Å². The van der Waals surface area contributed by atoms with Gasteiger partial charge in [0.2, 0.25) is 11.8 Å². The minimum absolute atomic E-state index is 0. The van der Waals surface area contributed by atoms with E-state index in [9.17, 15) is 18.0 Å². The van der Waals surface area contributed by atoms with E-state index in [0.717, 1.165) is 6.07 Å². The first kappa shape index (κ1) is 27.2. The van der Waals surface area contributed by atoms with Crippen LogP contribution in [0.5, 0.6) is 5.88 Å². The molecule has 1 aromatic heterocycles. The van der Waals surface area contributed by atoms with Crippen molar-refractivity contribution in [1.29, 1.82) is 0 Å². The zero-order valence-corrected chi connectivity index (χ0v) is 19.5. The third-order valence-electron chi connectivity index (χ3n) is 3.85. The topological polar surface area (TPSA) is 70.1 Å². The van der Waals surface area contributed by atoms with Crippen LogP contribution in [-0.4, -0.2) is 73.0 Å². The van der Waals surface area contributed by atoms with Gasteiger partial charge in [-0.3, -0.25) is 4.79 Å². The van der Waals surface area contributed by atoms with Gasteiger partial charge in [-0.25, -0.2) is 9.98 Å². The van der Waals surface area contributed by atoms with E-state index < -0.39 is 17.6 Å². The lowest BCUT2D eigenvalue weighted by molar-refractivity contribution is -0.139. The molecule has 0 aliphatic heterocycles. The summed E-state index contributed by atoms with van der Waals surface area (Å²) in [5, 5.41) is 3.05. The Morgan fingerprint density at radius 2 is 1.93 bits per heavy atom. The molecule has 1 N–H and O–H groups in total. The van der Waals surface area contributed by atoms with Crippen LogP contribution in [0.3, 0.4) is 0 Å². The molecule has 0 bridgehead atoms. The number of hydrogen-bond acceptors (Lipinski definition) is 4. The van der Waals surface area contributed by atoms with Gasteiger partial charge in [0.05, 0.1) is 13.1 Å². The first-order valence-electron chi connectivity index (χ1n) is 9.16. The maximum atomic E-state index is 12.9. The number of amides is 1. The van der Waals surface area contributed by atoms with E-state index in [0.29, 0.717) is 25.6 Å². The summed E-state index contributed by atoms with van der Waals surface area (Å²) in [7, 11) is 1.73. The van der Waals surface area contributed by atoms with E-state index in [1.54, 1.807) is 16.8 Å². The molecule has 0 radical (unpaired) electrons. The fraction of sp³-hybridized carbons (Fsp3) is 0.611. The van der Waals surface area contributed by atoms with E-state index >= 15 is 0 Å². The van der Waals surface area contributed by atoms with Crippen LogP contribution in [0.4, 0.5) is 13.2 Å². The molecule has 0 spiro atoms. The lowest BCUT2D eigenvalue weighted by Gasteiger charge is -2.25. The fourth-order valence-electron chi connectivity index (χ4n) is 2.44. The number of rotatable bonds is 9. The van der Waals surface area contributed by atoms with Crippen molar-refractivity contribution in [2.45, 2.75) is 26.9 Å². The molecule has 29 heavy (non-hydrogen) atoms. The average Bonchev–Trinajstić information content (AvgIpc) is 2.64. The van der Waals surface area contributed by atoms with Crippen molar-refractivity contribution in [1.82, 2.24) is 20.1 Å². The summed E-state index contributed by atoms with van der Waals surface area (Å²) in [6.45, 7) is 7.71. The first-order valence-corrected chi connectivity index (χ1v) is 9.16. The Bertz CT molecular complexity index is 655. The number of nitrogens with zero attached hydrogens (tertiary/aromatic N) is 4. The van der Waals surface area contributed by atoms with E-state index in [1.807, 2.05) is 20.8 Å². The number of ether oxygens (including phenoxy) is 1. The Morgan fingerprint density at radius 1 is 1.28 bits per heavy atom. The number of halogens is 4. The normalized spacial score (nSPS) is 11.5. The molecular formula is C18H29F3IN5O2. The SMILES string of the molecule is CCNC(=NCCOc1ncccc1C(F)(F)F)N(C)CC(=O)N(CC)CC.I. The number of carbonyl (C=O) groups is 1. The first-order chi connectivity index (χ1) is 13.2. The van der Waals surface area contributed by atoms with Crippen molar-refractivity contribution in [3.8, 4) is 5.88 Å². The average molecular weight is 531 g/mol. The molecule has 1 heterocycles. The Balaban J connectivity index is 0.00000784. The standard InChI is InChI=1S/C18H28F3N5O2.HI/c1-5-22-17(25(4)13-15(27)26(6-2)7-3)24-11-12-28-16-14(18(19,20)21)9-8-10-23-16;/h8-10H,5-7,11-13H2,1-4H3,(H,22,24);1H. The second-order valence-electron chi connectivity index (χ2n) is 5.86. The molecule has 166 valence electrons. The minimum Gasteiger partial charge on any atom is -0.475 e. The predicted octanol–water partition coefficient (Wildman–Crippen LogP) is 2.86. The van der Waals surface area contributed by atoms with Gasteiger partial charge in [0.25, 0.3) is 0 Å². The quantitative estimate of drug-likeness (QED) is 0.230. The zero-order valence-electron chi connectivity index (χ0n) is 17.1. The Labute approximate surface area is 186 Å². The van der Waals surface area contributed by atoms with Gasteiger partial charge in [0.15, 0.2) is 5.96 Å². The molecule has 0 saturated carbocycles. The number of pyridine rings is 1. The summed E-state index contributed by atoms with van der Waals surface area (Å²) in [6, 6.07) is 2.13. The van der Waals surface area contributed by atoms with Crippen LogP contribution in [0.25, 0.3) is 0 Å². The smallest absolute Gasteiger partial charge is 0.421 e. The third-order valence-corrected chi connectivity index (χ3v) is 3.85. The highest BCUT2D eigenvalue weighted by atomic mass is 127. The number of likely N-dealkylation sites (N-methyl/N-ethyl adjacent to an activating group) is 2. The van der Waals surface area contributed by atoms with Gasteiger partial charge in [0, 0.05) is 32.9 Å². The summed E-state index contributed by atoms with van der Waals surface area (Å²) < 4.78 is 44.0. The molecule has 0 fully saturated rings. The van der Waals surface area contributed by atoms with Gasteiger partial charge in [0.1, 0.15) is 12.2 Å². The molecule has 0 atom stereocenters. The number of hydrogen-bond donors (Lipinski definition) is 1. The van der Waals surface area contributed by atoms with Crippen LogP contribution in [0.2, 0.25) is 0 Å². The summed E-state index contributed by atoms with van der Waals surface area (Å²) in [5.41, 5.74) is -0.923. The van der Waals surface area contributed by atoms with E-state index in [2.05, 4.69) is 15.3 Å². The molecule has 7 nitrogen and oxygen atoms in total. The second kappa shape index (κ2) is 13.4. The van der Waals surface area contributed by atoms with Crippen LogP contribution < -0.4 is 10.1 Å². The molecule has 1 aromatic rings. The molecule has 0 aromatic carbocycles. The monoisotopic (exact) mass is 531 g/mol. The largest absolute Gasteiger partial charge is 0.475 e. The molecule has 11 heteroatoms. The van der Waals surface area contributed by atoms with E-state index in [4.69, 9.17) is 4.74 Å². The number of nitrogens with one attached hydrogen (secondary N) is 1. The van der Waals surface area contributed by atoms with Gasteiger partial charge in [-0.1, -0.05) is 0 Å². The molecule has 0 unspecified atom stereocenters. The van der Waals surface area contributed by atoms with Crippen molar-refractivity contribution >= 4 is 35.8 Å². The molecule has 1 amide bonds. The Kier molecular flexibility index (Phi) is 12.6. The summed E-state index contributed by atoms with van der Waals surface area (Å²) in [5.74, 6) is -0.0263.